The summed E-state index contributed by atoms with van der Waals surface area (Å²) in [5.41, 5.74) is 11.3. The van der Waals surface area contributed by atoms with E-state index < -0.39 is 0 Å². The number of aromatic nitrogens is 3. The Morgan fingerprint density at radius 2 is 0.755 bits per heavy atom. The van der Waals surface area contributed by atoms with E-state index in [-0.39, 0.29) is 0 Å². The lowest BCUT2D eigenvalue weighted by Gasteiger charge is -2.11. The van der Waals surface area contributed by atoms with Crippen molar-refractivity contribution in [3.8, 4) is 67.5 Å². The van der Waals surface area contributed by atoms with Gasteiger partial charge in [-0.25, -0.2) is 15.0 Å². The van der Waals surface area contributed by atoms with Crippen molar-refractivity contribution < 1.29 is 4.42 Å². The van der Waals surface area contributed by atoms with E-state index in [2.05, 4.69) is 140 Å². The Balaban J connectivity index is 1.14. The van der Waals surface area contributed by atoms with Gasteiger partial charge in [-0.15, -0.1) is 0 Å². The first kappa shape index (κ1) is 28.6. The van der Waals surface area contributed by atoms with Crippen molar-refractivity contribution in [1.82, 2.24) is 15.0 Å². The molecule has 0 spiro atoms. The van der Waals surface area contributed by atoms with E-state index in [4.69, 9.17) is 19.4 Å². The monoisotopic (exact) mass is 627 g/mol. The highest BCUT2D eigenvalue weighted by Gasteiger charge is 2.15. The molecule has 7 aromatic carbocycles. The molecule has 0 saturated heterocycles. The lowest BCUT2D eigenvalue weighted by molar-refractivity contribution is 0.669. The molecule has 0 radical (unpaired) electrons. The van der Waals surface area contributed by atoms with Crippen molar-refractivity contribution in [3.05, 3.63) is 176 Å². The summed E-state index contributed by atoms with van der Waals surface area (Å²) in [7, 11) is 0. The molecule has 0 saturated carbocycles. The Labute approximate surface area is 284 Å². The summed E-state index contributed by atoms with van der Waals surface area (Å²) >= 11 is 0. The molecule has 0 fully saturated rings. The average molecular weight is 628 g/mol. The molecule has 0 atom stereocenters. The molecule has 0 bridgehead atoms. The summed E-state index contributed by atoms with van der Waals surface area (Å²) in [5, 5.41) is 2.23. The first-order chi connectivity index (χ1) is 24.3. The number of furan rings is 1. The minimum atomic E-state index is 0.621. The van der Waals surface area contributed by atoms with Crippen molar-refractivity contribution in [1.29, 1.82) is 0 Å². The van der Waals surface area contributed by atoms with E-state index in [0.717, 1.165) is 66.4 Å². The van der Waals surface area contributed by atoms with Gasteiger partial charge in [-0.3, -0.25) is 0 Å². The second kappa shape index (κ2) is 12.2. The number of fused-ring (bicyclic) bond motifs is 3. The molecule has 0 unspecified atom stereocenters. The van der Waals surface area contributed by atoms with Crippen LogP contribution in [0.5, 0.6) is 0 Å². The molecule has 0 amide bonds. The van der Waals surface area contributed by atoms with E-state index >= 15 is 0 Å². The van der Waals surface area contributed by atoms with Crippen LogP contribution < -0.4 is 0 Å². The van der Waals surface area contributed by atoms with Crippen LogP contribution in [0.2, 0.25) is 0 Å². The zero-order valence-electron chi connectivity index (χ0n) is 26.5. The van der Waals surface area contributed by atoms with Gasteiger partial charge in [0, 0.05) is 27.5 Å². The average Bonchev–Trinajstić information content (AvgIpc) is 3.58. The number of hydrogen-bond acceptors (Lipinski definition) is 4. The fourth-order valence-corrected chi connectivity index (χ4v) is 6.49. The number of nitrogens with zero attached hydrogens (tertiary/aromatic N) is 3. The molecule has 9 aromatic rings. The SMILES string of the molecule is c1ccc(-c2ccc(-c3nc(-c4ccc(-c5cccc6oc7ccccc7c56)cc4)nc(-c4cccc(-c5ccccc5)c4)n3)cc2)cc1. The van der Waals surface area contributed by atoms with Gasteiger partial charge in [-0.05, 0) is 51.6 Å². The van der Waals surface area contributed by atoms with Crippen LogP contribution in [0.25, 0.3) is 89.5 Å². The van der Waals surface area contributed by atoms with Crippen LogP contribution in [-0.2, 0) is 0 Å². The highest BCUT2D eigenvalue weighted by Crippen LogP contribution is 2.37. The van der Waals surface area contributed by atoms with Crippen LogP contribution in [0.1, 0.15) is 0 Å². The third-order valence-corrected chi connectivity index (χ3v) is 8.97. The number of rotatable bonds is 6. The molecule has 49 heavy (non-hydrogen) atoms. The van der Waals surface area contributed by atoms with E-state index in [0.29, 0.717) is 17.5 Å². The highest BCUT2D eigenvalue weighted by molar-refractivity contribution is 6.12. The molecule has 2 aromatic heterocycles. The van der Waals surface area contributed by atoms with Gasteiger partial charge in [-0.1, -0.05) is 158 Å². The van der Waals surface area contributed by atoms with Crippen molar-refractivity contribution in [2.45, 2.75) is 0 Å². The van der Waals surface area contributed by atoms with Gasteiger partial charge in [0.15, 0.2) is 17.5 Å². The van der Waals surface area contributed by atoms with Crippen molar-refractivity contribution >= 4 is 21.9 Å². The lowest BCUT2D eigenvalue weighted by Crippen LogP contribution is -2.00. The molecule has 2 heterocycles. The predicted octanol–water partition coefficient (Wildman–Crippen LogP) is 11.8. The smallest absolute Gasteiger partial charge is 0.164 e. The van der Waals surface area contributed by atoms with Crippen LogP contribution in [0.4, 0.5) is 0 Å². The van der Waals surface area contributed by atoms with E-state index in [1.807, 2.05) is 36.4 Å². The highest BCUT2D eigenvalue weighted by atomic mass is 16.3. The van der Waals surface area contributed by atoms with Gasteiger partial charge in [0.05, 0.1) is 0 Å². The van der Waals surface area contributed by atoms with Gasteiger partial charge in [0.2, 0.25) is 0 Å². The summed E-state index contributed by atoms with van der Waals surface area (Å²) in [6.07, 6.45) is 0. The van der Waals surface area contributed by atoms with Gasteiger partial charge in [-0.2, -0.15) is 0 Å². The summed E-state index contributed by atoms with van der Waals surface area (Å²) < 4.78 is 6.16. The molecule has 9 rings (SSSR count). The van der Waals surface area contributed by atoms with Gasteiger partial charge < -0.3 is 4.42 Å². The third kappa shape index (κ3) is 5.45. The van der Waals surface area contributed by atoms with Crippen LogP contribution in [0.15, 0.2) is 180 Å². The fraction of sp³-hybridized carbons (Fsp3) is 0. The number of hydrogen-bond donors (Lipinski definition) is 0. The van der Waals surface area contributed by atoms with Gasteiger partial charge in [0.1, 0.15) is 11.2 Å². The van der Waals surface area contributed by atoms with Crippen molar-refractivity contribution in [3.63, 3.8) is 0 Å². The molecule has 230 valence electrons. The maximum absolute atomic E-state index is 6.16. The van der Waals surface area contributed by atoms with E-state index in [1.54, 1.807) is 0 Å². The van der Waals surface area contributed by atoms with Gasteiger partial charge in [0.25, 0.3) is 0 Å². The molecular formula is C45H29N3O. The largest absolute Gasteiger partial charge is 0.456 e. The third-order valence-electron chi connectivity index (χ3n) is 8.97. The number of para-hydroxylation sites is 1. The minimum Gasteiger partial charge on any atom is -0.456 e. The molecule has 0 aliphatic carbocycles. The normalized spacial score (nSPS) is 11.3. The first-order valence-corrected chi connectivity index (χ1v) is 16.4. The van der Waals surface area contributed by atoms with Crippen LogP contribution >= 0.6 is 0 Å². The quantitative estimate of drug-likeness (QED) is 0.184. The van der Waals surface area contributed by atoms with Gasteiger partial charge >= 0.3 is 0 Å². The van der Waals surface area contributed by atoms with Crippen LogP contribution in [0, 0.1) is 0 Å². The predicted molar refractivity (Wildman–Crippen MR) is 200 cm³/mol. The second-order valence-corrected chi connectivity index (χ2v) is 12.1. The summed E-state index contributed by atoms with van der Waals surface area (Å²) in [6.45, 7) is 0. The summed E-state index contributed by atoms with van der Waals surface area (Å²) in [5.74, 6) is 1.88. The van der Waals surface area contributed by atoms with Crippen LogP contribution in [0.3, 0.4) is 0 Å². The maximum atomic E-state index is 6.16. The number of benzene rings is 7. The van der Waals surface area contributed by atoms with Crippen molar-refractivity contribution in [2.24, 2.45) is 0 Å². The Kier molecular flexibility index (Phi) is 7.10. The Morgan fingerprint density at radius 3 is 1.43 bits per heavy atom. The van der Waals surface area contributed by atoms with Crippen molar-refractivity contribution in [2.75, 3.05) is 0 Å². The molecule has 4 nitrogen and oxygen atoms in total. The molecular weight excluding hydrogens is 599 g/mol. The van der Waals surface area contributed by atoms with E-state index in [9.17, 15) is 0 Å². The standard InChI is InChI=1S/C45H29N3O/c1-3-11-30(12-4-1)32-21-25-34(26-22-32)43-46-44(48-45(47-43)37-16-9-15-36(29-37)31-13-5-2-6-14-31)35-27-23-33(24-28-35)38-18-10-20-41-42(38)39-17-7-8-19-40(39)49-41/h1-29H. The summed E-state index contributed by atoms with van der Waals surface area (Å²) in [4.78, 5) is 15.1. The second-order valence-electron chi connectivity index (χ2n) is 12.1. The fourth-order valence-electron chi connectivity index (χ4n) is 6.49. The first-order valence-electron chi connectivity index (χ1n) is 16.4. The molecule has 0 N–H and O–H groups in total. The Morgan fingerprint density at radius 1 is 0.306 bits per heavy atom. The Hall–Kier alpha value is -6.65. The molecule has 4 heteroatoms. The minimum absolute atomic E-state index is 0.621. The zero-order valence-corrected chi connectivity index (χ0v) is 26.5. The lowest BCUT2D eigenvalue weighted by atomic mass is 9.98. The topological polar surface area (TPSA) is 51.8 Å². The molecule has 0 aliphatic heterocycles. The zero-order chi connectivity index (χ0) is 32.6. The maximum Gasteiger partial charge on any atom is 0.164 e. The summed E-state index contributed by atoms with van der Waals surface area (Å²) in [6, 6.07) is 60.5. The Bertz CT molecular complexity index is 2570. The van der Waals surface area contributed by atoms with Crippen LogP contribution in [-0.4, -0.2) is 15.0 Å². The van der Waals surface area contributed by atoms with E-state index in [1.165, 1.54) is 5.56 Å². The molecule has 0 aliphatic rings.